The maximum absolute atomic E-state index is 14.7. The molecule has 0 spiro atoms. The highest BCUT2D eigenvalue weighted by molar-refractivity contribution is 5.80. The van der Waals surface area contributed by atoms with Crippen molar-refractivity contribution >= 4 is 5.91 Å². The molecule has 3 aromatic rings. The molecular weight excluding hydrogens is 413 g/mol. The quantitative estimate of drug-likeness (QED) is 0.333. The van der Waals surface area contributed by atoms with Crippen LogP contribution in [0.5, 0.6) is 5.88 Å². The molecule has 1 unspecified atom stereocenters. The van der Waals surface area contributed by atoms with Crippen molar-refractivity contribution in [3.8, 4) is 5.88 Å². The number of benzene rings is 2. The molecule has 8 heteroatoms. The Bertz CT molecular complexity index is 1150. The standard InChI is InChI=1S/C24H28FN3O4/c1-24(2,3)20(21(29)27-32)28-22(30)19(26-23(28)31)12-11-17-10-9-16(14-18(17)25)13-15-7-5-4-6-8-15/h4-10,14,20,30,32H,11-13H2,1-3H3,(H,26,31)(H,27,29). The molecule has 0 radical (unpaired) electrons. The number of H-pyrrole nitrogens is 1. The Labute approximate surface area is 185 Å². The van der Waals surface area contributed by atoms with Gasteiger partial charge in [-0.1, -0.05) is 63.2 Å². The first kappa shape index (κ1) is 23.3. The van der Waals surface area contributed by atoms with E-state index in [1.54, 1.807) is 32.3 Å². The summed E-state index contributed by atoms with van der Waals surface area (Å²) < 4.78 is 15.6. The molecule has 170 valence electrons. The van der Waals surface area contributed by atoms with Crippen LogP contribution in [0.1, 0.15) is 49.2 Å². The number of hydrogen-bond acceptors (Lipinski definition) is 4. The van der Waals surface area contributed by atoms with Gasteiger partial charge in [0, 0.05) is 0 Å². The van der Waals surface area contributed by atoms with Crippen LogP contribution in [0.15, 0.2) is 53.3 Å². The number of hydroxylamine groups is 1. The van der Waals surface area contributed by atoms with Crippen LogP contribution in [0, 0.1) is 11.2 Å². The second kappa shape index (κ2) is 9.40. The van der Waals surface area contributed by atoms with Crippen LogP contribution in [-0.4, -0.2) is 25.8 Å². The van der Waals surface area contributed by atoms with Crippen molar-refractivity contribution < 1.29 is 19.5 Å². The third-order valence-electron chi connectivity index (χ3n) is 5.42. The van der Waals surface area contributed by atoms with Crippen LogP contribution in [0.4, 0.5) is 4.39 Å². The Morgan fingerprint density at radius 1 is 1.12 bits per heavy atom. The van der Waals surface area contributed by atoms with Crippen LogP contribution in [0.25, 0.3) is 0 Å². The summed E-state index contributed by atoms with van der Waals surface area (Å²) in [4.78, 5) is 27.2. The Morgan fingerprint density at radius 3 is 2.41 bits per heavy atom. The van der Waals surface area contributed by atoms with Crippen LogP contribution in [-0.2, 0) is 24.1 Å². The molecule has 2 aromatic carbocycles. The molecule has 1 heterocycles. The van der Waals surface area contributed by atoms with Crippen molar-refractivity contribution in [2.24, 2.45) is 5.41 Å². The van der Waals surface area contributed by atoms with E-state index in [9.17, 15) is 19.1 Å². The summed E-state index contributed by atoms with van der Waals surface area (Å²) in [6, 6.07) is 13.7. The van der Waals surface area contributed by atoms with Crippen molar-refractivity contribution in [2.45, 2.75) is 46.1 Å². The lowest BCUT2D eigenvalue weighted by atomic mass is 9.86. The molecule has 1 atom stereocenters. The summed E-state index contributed by atoms with van der Waals surface area (Å²) >= 11 is 0. The monoisotopic (exact) mass is 441 g/mol. The minimum Gasteiger partial charge on any atom is -0.493 e. The van der Waals surface area contributed by atoms with E-state index >= 15 is 0 Å². The molecule has 0 aliphatic heterocycles. The van der Waals surface area contributed by atoms with Gasteiger partial charge in [0.05, 0.1) is 5.69 Å². The number of aromatic hydroxyl groups is 1. The molecule has 0 saturated heterocycles. The van der Waals surface area contributed by atoms with Gasteiger partial charge in [0.25, 0.3) is 5.91 Å². The number of carbonyl (C=O) groups is 1. The number of carbonyl (C=O) groups excluding carboxylic acids is 1. The first-order chi connectivity index (χ1) is 15.1. The number of imidazole rings is 1. The second-order valence-corrected chi connectivity index (χ2v) is 8.94. The van der Waals surface area contributed by atoms with Gasteiger partial charge in [0.15, 0.2) is 0 Å². The number of nitrogens with zero attached hydrogens (tertiary/aromatic N) is 1. The molecule has 0 bridgehead atoms. The average molecular weight is 442 g/mol. The minimum atomic E-state index is -1.14. The lowest BCUT2D eigenvalue weighted by molar-refractivity contribution is -0.136. The SMILES string of the molecule is CC(C)(C)C(C(=O)NO)n1c(O)c(CCc2ccc(Cc3ccccc3)cc2F)[nH]c1=O. The van der Waals surface area contributed by atoms with E-state index < -0.39 is 28.9 Å². The first-order valence-electron chi connectivity index (χ1n) is 10.4. The maximum atomic E-state index is 14.7. The first-order valence-corrected chi connectivity index (χ1v) is 10.4. The largest absolute Gasteiger partial charge is 0.493 e. The van der Waals surface area contributed by atoms with Crippen molar-refractivity contribution in [1.82, 2.24) is 15.0 Å². The lowest BCUT2D eigenvalue weighted by Gasteiger charge is -2.29. The smallest absolute Gasteiger partial charge is 0.329 e. The van der Waals surface area contributed by atoms with Crippen molar-refractivity contribution in [1.29, 1.82) is 0 Å². The van der Waals surface area contributed by atoms with Gasteiger partial charge >= 0.3 is 5.69 Å². The fourth-order valence-corrected chi connectivity index (χ4v) is 3.85. The van der Waals surface area contributed by atoms with Gasteiger partial charge < -0.3 is 10.1 Å². The van der Waals surface area contributed by atoms with E-state index in [0.717, 1.165) is 15.7 Å². The van der Waals surface area contributed by atoms with Crippen LogP contribution in [0.3, 0.4) is 0 Å². The maximum Gasteiger partial charge on any atom is 0.329 e. The van der Waals surface area contributed by atoms with E-state index in [-0.39, 0.29) is 24.4 Å². The van der Waals surface area contributed by atoms with E-state index in [1.807, 2.05) is 36.4 Å². The van der Waals surface area contributed by atoms with Gasteiger partial charge in [0.2, 0.25) is 5.88 Å². The van der Waals surface area contributed by atoms with E-state index in [0.29, 0.717) is 12.0 Å². The van der Waals surface area contributed by atoms with Crippen LogP contribution >= 0.6 is 0 Å². The molecule has 0 saturated carbocycles. The molecule has 4 N–H and O–H groups in total. The Kier molecular flexibility index (Phi) is 6.84. The number of halogens is 1. The minimum absolute atomic E-state index is 0.167. The van der Waals surface area contributed by atoms with Gasteiger partial charge in [-0.15, -0.1) is 0 Å². The van der Waals surface area contributed by atoms with Crippen LogP contribution < -0.4 is 11.2 Å². The molecule has 0 fully saturated rings. The fourth-order valence-electron chi connectivity index (χ4n) is 3.85. The van der Waals surface area contributed by atoms with Crippen molar-refractivity contribution in [2.75, 3.05) is 0 Å². The summed E-state index contributed by atoms with van der Waals surface area (Å²) in [5.74, 6) is -1.58. The van der Waals surface area contributed by atoms with E-state index in [2.05, 4.69) is 4.98 Å². The Hall–Kier alpha value is -3.39. The highest BCUT2D eigenvalue weighted by atomic mass is 19.1. The number of hydrogen-bond donors (Lipinski definition) is 4. The van der Waals surface area contributed by atoms with E-state index in [1.165, 1.54) is 6.07 Å². The van der Waals surface area contributed by atoms with Gasteiger partial charge in [-0.2, -0.15) is 0 Å². The molecule has 3 rings (SSSR count). The van der Waals surface area contributed by atoms with Crippen molar-refractivity contribution in [3.63, 3.8) is 0 Å². The van der Waals surface area contributed by atoms with Crippen molar-refractivity contribution in [3.05, 3.63) is 87.2 Å². The highest BCUT2D eigenvalue weighted by Gasteiger charge is 2.36. The topological polar surface area (TPSA) is 107 Å². The van der Waals surface area contributed by atoms with Crippen LogP contribution in [0.2, 0.25) is 0 Å². The Balaban J connectivity index is 1.78. The van der Waals surface area contributed by atoms with E-state index in [4.69, 9.17) is 5.21 Å². The number of aryl methyl sites for hydroxylation is 2. The number of amides is 1. The lowest BCUT2D eigenvalue weighted by Crippen LogP contribution is -2.41. The zero-order valence-electron chi connectivity index (χ0n) is 18.4. The molecule has 0 aliphatic carbocycles. The predicted octanol–water partition coefficient (Wildman–Crippen LogP) is 3.49. The summed E-state index contributed by atoms with van der Waals surface area (Å²) in [5.41, 5.74) is 2.69. The fraction of sp³-hybridized carbons (Fsp3) is 0.333. The third kappa shape index (κ3) is 5.08. The number of aromatic amines is 1. The average Bonchev–Trinajstić information content (AvgIpc) is 3.01. The molecule has 1 amide bonds. The van der Waals surface area contributed by atoms with Gasteiger partial charge in [-0.25, -0.2) is 19.2 Å². The summed E-state index contributed by atoms with van der Waals surface area (Å²) in [7, 11) is 0. The number of aromatic nitrogens is 2. The molecule has 0 aliphatic rings. The third-order valence-corrected chi connectivity index (χ3v) is 5.42. The number of nitrogens with one attached hydrogen (secondary N) is 2. The zero-order valence-corrected chi connectivity index (χ0v) is 18.4. The summed E-state index contributed by atoms with van der Waals surface area (Å²) in [6.45, 7) is 5.12. The normalized spacial score (nSPS) is 12.5. The summed E-state index contributed by atoms with van der Waals surface area (Å²) in [5, 5.41) is 19.7. The predicted molar refractivity (Wildman–Crippen MR) is 118 cm³/mol. The molecule has 1 aromatic heterocycles. The zero-order chi connectivity index (χ0) is 23.5. The molecule has 32 heavy (non-hydrogen) atoms. The highest BCUT2D eigenvalue weighted by Crippen LogP contribution is 2.33. The Morgan fingerprint density at radius 2 is 1.81 bits per heavy atom. The number of rotatable bonds is 7. The molecular formula is C24H28FN3O4. The second-order valence-electron chi connectivity index (χ2n) is 8.94. The van der Waals surface area contributed by atoms with Gasteiger partial charge in [-0.3, -0.25) is 10.0 Å². The van der Waals surface area contributed by atoms with Gasteiger partial charge in [0.1, 0.15) is 11.9 Å². The van der Waals surface area contributed by atoms with Gasteiger partial charge in [-0.05, 0) is 47.4 Å². The summed E-state index contributed by atoms with van der Waals surface area (Å²) in [6.07, 6.45) is 1.04. The molecule has 7 nitrogen and oxygen atoms in total.